The molecule has 36 heavy (non-hydrogen) atoms. The minimum atomic E-state index is -0.832. The summed E-state index contributed by atoms with van der Waals surface area (Å²) < 4.78 is 0. The van der Waals surface area contributed by atoms with E-state index in [4.69, 9.17) is 19.6 Å². The Bertz CT molecular complexity index is 733. The summed E-state index contributed by atoms with van der Waals surface area (Å²) in [5.41, 5.74) is 0.996. The van der Waals surface area contributed by atoms with Crippen molar-refractivity contribution in [1.82, 2.24) is 4.90 Å². The highest BCUT2D eigenvalue weighted by molar-refractivity contribution is 6.18. The maximum absolute atomic E-state index is 12.6. The van der Waals surface area contributed by atoms with Gasteiger partial charge in [0, 0.05) is 24.1 Å². The van der Waals surface area contributed by atoms with Gasteiger partial charge in [-0.15, -0.1) is 0 Å². The molecule has 0 radical (unpaired) electrons. The van der Waals surface area contributed by atoms with Crippen LogP contribution in [0.1, 0.15) is 100 Å². The molecule has 0 saturated heterocycles. The molecule has 7 heteroatoms. The van der Waals surface area contributed by atoms with Gasteiger partial charge >= 0.3 is 0 Å². The van der Waals surface area contributed by atoms with Crippen molar-refractivity contribution in [3.05, 3.63) is 11.1 Å². The fourth-order valence-electron chi connectivity index (χ4n) is 6.09. The van der Waals surface area contributed by atoms with Crippen LogP contribution in [0.4, 0.5) is 0 Å². The largest absolute Gasteiger partial charge is 0.275 e. The van der Waals surface area contributed by atoms with Crippen LogP contribution < -0.4 is 0 Å². The summed E-state index contributed by atoms with van der Waals surface area (Å²) >= 11 is 0. The number of nitrogens with zero attached hydrogens (tertiary/aromatic N) is 1. The van der Waals surface area contributed by atoms with Crippen LogP contribution in [0.5, 0.6) is 0 Å². The van der Waals surface area contributed by atoms with Crippen LogP contribution in [-0.2, 0) is 29.1 Å². The molecule has 3 rings (SSSR count). The molecule has 206 valence electrons. The van der Waals surface area contributed by atoms with E-state index in [9.17, 15) is 9.59 Å². The fraction of sp³-hybridized carbons (Fsp3) is 0.862. The Morgan fingerprint density at radius 3 is 1.56 bits per heavy atom. The first kappa shape index (κ1) is 29.3. The molecule has 0 N–H and O–H groups in total. The molecule has 1 aliphatic heterocycles. The molecule has 1 heterocycles. The van der Waals surface area contributed by atoms with E-state index in [0.717, 1.165) is 25.7 Å². The van der Waals surface area contributed by atoms with Crippen molar-refractivity contribution in [2.45, 2.75) is 119 Å². The lowest BCUT2D eigenvalue weighted by atomic mass is 9.75. The third-order valence-electron chi connectivity index (χ3n) is 8.78. The Morgan fingerprint density at radius 1 is 0.750 bits per heavy atom. The molecule has 0 spiro atoms. The first-order valence-corrected chi connectivity index (χ1v) is 14.2. The van der Waals surface area contributed by atoms with Crippen LogP contribution in [0.3, 0.4) is 0 Å². The molecule has 6 unspecified atom stereocenters. The summed E-state index contributed by atoms with van der Waals surface area (Å²) in [6.45, 7) is 17.0. The van der Waals surface area contributed by atoms with Gasteiger partial charge in [-0.25, -0.2) is 19.6 Å². The van der Waals surface area contributed by atoms with Crippen molar-refractivity contribution < 1.29 is 29.1 Å². The van der Waals surface area contributed by atoms with Gasteiger partial charge in [-0.05, 0) is 75.0 Å². The zero-order valence-corrected chi connectivity index (χ0v) is 23.7. The van der Waals surface area contributed by atoms with Crippen molar-refractivity contribution in [2.75, 3.05) is 6.54 Å². The molecule has 2 amide bonds. The van der Waals surface area contributed by atoms with E-state index in [0.29, 0.717) is 46.7 Å². The molecular formula is C29H49NO6. The summed E-state index contributed by atoms with van der Waals surface area (Å²) in [4.78, 5) is 50.2. The second-order valence-electron chi connectivity index (χ2n) is 12.3. The van der Waals surface area contributed by atoms with Crippen molar-refractivity contribution in [2.24, 2.45) is 35.5 Å². The maximum atomic E-state index is 12.6. The Hall–Kier alpha value is -1.28. The molecule has 0 aromatic heterocycles. The molecular weight excluding hydrogens is 458 g/mol. The molecule has 2 aliphatic carbocycles. The van der Waals surface area contributed by atoms with Gasteiger partial charge in [0.25, 0.3) is 11.8 Å². The summed E-state index contributed by atoms with van der Waals surface area (Å²) in [6, 6.07) is 0. The summed E-state index contributed by atoms with van der Waals surface area (Å²) in [6.07, 6.45) is 5.94. The van der Waals surface area contributed by atoms with Crippen molar-refractivity contribution in [3.63, 3.8) is 0 Å². The number of hydrogen-bond donors (Lipinski definition) is 0. The van der Waals surface area contributed by atoms with Crippen LogP contribution in [0.2, 0.25) is 0 Å². The predicted octanol–water partition coefficient (Wildman–Crippen LogP) is 6.23. The van der Waals surface area contributed by atoms with Gasteiger partial charge < -0.3 is 0 Å². The second kappa shape index (κ2) is 13.0. The Kier molecular flexibility index (Phi) is 10.6. The van der Waals surface area contributed by atoms with E-state index in [1.54, 1.807) is 13.8 Å². The van der Waals surface area contributed by atoms with Crippen molar-refractivity contribution in [3.8, 4) is 0 Å². The van der Waals surface area contributed by atoms with E-state index in [-0.39, 0.29) is 37.0 Å². The highest BCUT2D eigenvalue weighted by atomic mass is 17.3. The first-order valence-electron chi connectivity index (χ1n) is 14.2. The number of carbonyl (C=O) groups excluding carboxylic acids is 2. The van der Waals surface area contributed by atoms with E-state index in [1.807, 2.05) is 0 Å². The third-order valence-corrected chi connectivity index (χ3v) is 8.78. The summed E-state index contributed by atoms with van der Waals surface area (Å²) in [5, 5.41) is 0. The third kappa shape index (κ3) is 7.18. The lowest BCUT2D eigenvalue weighted by Gasteiger charge is -2.38. The number of imide groups is 1. The standard InChI is InChI=1S/C29H49NO6/c1-17(2)23-11-9-19(5)15-25(23)33-35-27(13-14-30-28(31)21(7)22(8)29(30)32)36-34-26-16-20(6)10-12-24(26)18(3)4/h17-20,23-27H,9-16H2,1-8H3. The Labute approximate surface area is 218 Å². The average molecular weight is 508 g/mol. The zero-order chi connectivity index (χ0) is 26.6. The van der Waals surface area contributed by atoms with Gasteiger partial charge in [0.15, 0.2) is 0 Å². The molecule has 2 saturated carbocycles. The number of amides is 2. The normalized spacial score (nSPS) is 32.8. The maximum Gasteiger partial charge on any atom is 0.256 e. The molecule has 3 aliphatic rings. The quantitative estimate of drug-likeness (QED) is 0.143. The van der Waals surface area contributed by atoms with E-state index in [1.165, 1.54) is 17.7 Å². The van der Waals surface area contributed by atoms with E-state index >= 15 is 0 Å². The van der Waals surface area contributed by atoms with Crippen LogP contribution >= 0.6 is 0 Å². The van der Waals surface area contributed by atoms with E-state index < -0.39 is 6.29 Å². The van der Waals surface area contributed by atoms with E-state index in [2.05, 4.69) is 41.5 Å². The van der Waals surface area contributed by atoms with Crippen LogP contribution in [0.15, 0.2) is 11.1 Å². The van der Waals surface area contributed by atoms with Gasteiger partial charge in [-0.2, -0.15) is 0 Å². The summed E-state index contributed by atoms with van der Waals surface area (Å²) in [7, 11) is 0. The van der Waals surface area contributed by atoms with Crippen LogP contribution in [-0.4, -0.2) is 41.8 Å². The smallest absolute Gasteiger partial charge is 0.256 e. The highest BCUT2D eigenvalue weighted by Gasteiger charge is 2.37. The van der Waals surface area contributed by atoms with Crippen LogP contribution in [0.25, 0.3) is 0 Å². The molecule has 7 nitrogen and oxygen atoms in total. The minimum Gasteiger partial charge on any atom is -0.275 e. The number of rotatable bonds is 11. The Balaban J connectivity index is 1.66. The van der Waals surface area contributed by atoms with Gasteiger partial charge in [-0.3, -0.25) is 14.5 Å². The second-order valence-corrected chi connectivity index (χ2v) is 12.3. The number of carbonyl (C=O) groups is 2. The average Bonchev–Trinajstić information content (AvgIpc) is 3.00. The van der Waals surface area contributed by atoms with Gasteiger partial charge in [0.2, 0.25) is 6.29 Å². The van der Waals surface area contributed by atoms with Gasteiger partial charge in [0.05, 0.1) is 12.2 Å². The highest BCUT2D eigenvalue weighted by Crippen LogP contribution is 2.37. The lowest BCUT2D eigenvalue weighted by Crippen LogP contribution is -2.39. The van der Waals surface area contributed by atoms with Gasteiger partial charge in [-0.1, -0.05) is 54.4 Å². The fourth-order valence-corrected chi connectivity index (χ4v) is 6.09. The predicted molar refractivity (Wildman–Crippen MR) is 138 cm³/mol. The summed E-state index contributed by atoms with van der Waals surface area (Å²) in [5.74, 6) is 2.49. The van der Waals surface area contributed by atoms with Crippen LogP contribution in [0, 0.1) is 35.5 Å². The SMILES string of the molecule is CC1=C(C)C(=O)N(CCC(OOC2CC(C)CCC2C(C)C)OOC2CC(C)CCC2C(C)C)C1=O. The lowest BCUT2D eigenvalue weighted by molar-refractivity contribution is -0.490. The van der Waals surface area contributed by atoms with Crippen molar-refractivity contribution in [1.29, 1.82) is 0 Å². The minimum absolute atomic E-state index is 0.0147. The molecule has 6 atom stereocenters. The number of hydrogen-bond acceptors (Lipinski definition) is 6. The zero-order valence-electron chi connectivity index (χ0n) is 23.7. The first-order chi connectivity index (χ1) is 17.0. The van der Waals surface area contributed by atoms with Gasteiger partial charge in [0.1, 0.15) is 0 Å². The molecule has 0 aromatic rings. The Morgan fingerprint density at radius 2 is 1.17 bits per heavy atom. The molecule has 0 bridgehead atoms. The van der Waals surface area contributed by atoms with Crippen molar-refractivity contribution >= 4 is 11.8 Å². The molecule has 2 fully saturated rings. The monoisotopic (exact) mass is 507 g/mol. The molecule has 0 aromatic carbocycles. The topological polar surface area (TPSA) is 74.3 Å².